The molecule has 0 aliphatic carbocycles. The highest BCUT2D eigenvalue weighted by molar-refractivity contribution is 7.88. The Morgan fingerprint density at radius 3 is 2.31 bits per heavy atom. The van der Waals surface area contributed by atoms with Gasteiger partial charge in [0.25, 0.3) is 0 Å². The standard InChI is InChI=1S/C9H17ClN2O3S/c1-8(13)12(10)7-9-3-5-11(6-4-9)16(2,14)15/h9H,3-7H2,1-2H3. The number of sulfonamides is 1. The Hall–Kier alpha value is -0.330. The van der Waals surface area contributed by atoms with Gasteiger partial charge in [-0.1, -0.05) is 0 Å². The van der Waals surface area contributed by atoms with Gasteiger partial charge in [0.2, 0.25) is 15.9 Å². The number of rotatable bonds is 3. The molecule has 1 saturated heterocycles. The summed E-state index contributed by atoms with van der Waals surface area (Å²) in [6.07, 6.45) is 2.73. The minimum atomic E-state index is -3.07. The van der Waals surface area contributed by atoms with Crippen LogP contribution in [0.1, 0.15) is 19.8 Å². The van der Waals surface area contributed by atoms with Crippen molar-refractivity contribution in [1.29, 1.82) is 0 Å². The molecule has 94 valence electrons. The lowest BCUT2D eigenvalue weighted by Crippen LogP contribution is -2.40. The first-order chi connectivity index (χ1) is 7.30. The predicted octanol–water partition coefficient (Wildman–Crippen LogP) is 0.660. The molecule has 1 amide bonds. The van der Waals surface area contributed by atoms with Crippen molar-refractivity contribution in [1.82, 2.24) is 8.72 Å². The van der Waals surface area contributed by atoms with Crippen molar-refractivity contribution < 1.29 is 13.2 Å². The number of hydrogen-bond donors (Lipinski definition) is 0. The molecule has 0 unspecified atom stereocenters. The fourth-order valence-corrected chi connectivity index (χ4v) is 2.85. The van der Waals surface area contributed by atoms with Crippen LogP contribution < -0.4 is 0 Å². The number of amides is 1. The quantitative estimate of drug-likeness (QED) is 0.707. The van der Waals surface area contributed by atoms with Crippen molar-refractivity contribution in [2.45, 2.75) is 19.8 Å². The molecule has 0 aromatic rings. The maximum absolute atomic E-state index is 11.3. The molecule has 0 saturated carbocycles. The number of carbonyl (C=O) groups is 1. The Morgan fingerprint density at radius 2 is 1.94 bits per heavy atom. The third-order valence-corrected chi connectivity index (χ3v) is 4.48. The van der Waals surface area contributed by atoms with Crippen LogP contribution in [-0.4, -0.2) is 48.9 Å². The van der Waals surface area contributed by atoms with E-state index in [1.807, 2.05) is 0 Å². The lowest BCUT2D eigenvalue weighted by molar-refractivity contribution is -0.124. The molecule has 7 heteroatoms. The number of halogens is 1. The highest BCUT2D eigenvalue weighted by atomic mass is 35.5. The molecule has 0 atom stereocenters. The molecule has 16 heavy (non-hydrogen) atoms. The van der Waals surface area contributed by atoms with Crippen molar-refractivity contribution in [2.75, 3.05) is 25.9 Å². The zero-order chi connectivity index (χ0) is 12.3. The van der Waals surface area contributed by atoms with Gasteiger partial charge in [-0.05, 0) is 18.8 Å². The van der Waals surface area contributed by atoms with E-state index < -0.39 is 10.0 Å². The summed E-state index contributed by atoms with van der Waals surface area (Å²) in [6.45, 7) is 2.95. The first-order valence-corrected chi connectivity index (χ1v) is 7.38. The smallest absolute Gasteiger partial charge is 0.233 e. The molecule has 0 bridgehead atoms. The van der Waals surface area contributed by atoms with E-state index >= 15 is 0 Å². The summed E-state index contributed by atoms with van der Waals surface area (Å²) in [6, 6.07) is 0. The second-order valence-corrected chi connectivity index (χ2v) is 6.56. The van der Waals surface area contributed by atoms with Crippen LogP contribution in [-0.2, 0) is 14.8 Å². The summed E-state index contributed by atoms with van der Waals surface area (Å²) >= 11 is 5.73. The second kappa shape index (κ2) is 5.33. The predicted molar refractivity (Wildman–Crippen MR) is 62.4 cm³/mol. The van der Waals surface area contributed by atoms with Crippen LogP contribution in [0.4, 0.5) is 0 Å². The number of hydrogen-bond acceptors (Lipinski definition) is 3. The van der Waals surface area contributed by atoms with Gasteiger partial charge in [-0.15, -0.1) is 0 Å². The average Bonchev–Trinajstić information content (AvgIpc) is 2.17. The van der Waals surface area contributed by atoms with Gasteiger partial charge >= 0.3 is 0 Å². The number of carbonyl (C=O) groups excluding carboxylic acids is 1. The minimum Gasteiger partial charge on any atom is -0.274 e. The van der Waals surface area contributed by atoms with E-state index in [2.05, 4.69) is 0 Å². The minimum absolute atomic E-state index is 0.174. The Morgan fingerprint density at radius 1 is 1.44 bits per heavy atom. The Kier molecular flexibility index (Phi) is 4.58. The van der Waals surface area contributed by atoms with Gasteiger partial charge in [-0.25, -0.2) is 12.7 Å². The monoisotopic (exact) mass is 268 g/mol. The second-order valence-electron chi connectivity index (χ2n) is 4.17. The summed E-state index contributed by atoms with van der Waals surface area (Å²) in [4.78, 5) is 10.9. The number of piperidine rings is 1. The van der Waals surface area contributed by atoms with Crippen LogP contribution in [0.25, 0.3) is 0 Å². The van der Waals surface area contributed by atoms with Crippen LogP contribution in [0.2, 0.25) is 0 Å². The Labute approximate surface area is 102 Å². The van der Waals surface area contributed by atoms with E-state index in [4.69, 9.17) is 11.8 Å². The SMILES string of the molecule is CC(=O)N(Cl)CC1CCN(S(C)(=O)=O)CC1. The van der Waals surface area contributed by atoms with Crippen LogP contribution in [0.3, 0.4) is 0 Å². The average molecular weight is 269 g/mol. The Bertz CT molecular complexity index is 350. The first-order valence-electron chi connectivity index (χ1n) is 5.19. The molecular formula is C9H17ClN2O3S. The molecule has 0 aromatic heterocycles. The van der Waals surface area contributed by atoms with Crippen molar-refractivity contribution in [2.24, 2.45) is 5.92 Å². The van der Waals surface area contributed by atoms with E-state index in [0.29, 0.717) is 25.6 Å². The summed E-state index contributed by atoms with van der Waals surface area (Å²) in [5.74, 6) is 0.117. The fourth-order valence-electron chi connectivity index (χ4n) is 1.78. The van der Waals surface area contributed by atoms with Crippen molar-refractivity contribution in [3.63, 3.8) is 0 Å². The lowest BCUT2D eigenvalue weighted by Gasteiger charge is -2.31. The maximum Gasteiger partial charge on any atom is 0.233 e. The van der Waals surface area contributed by atoms with E-state index in [1.54, 1.807) is 0 Å². The molecule has 1 fully saturated rings. The van der Waals surface area contributed by atoms with Crippen molar-refractivity contribution >= 4 is 27.7 Å². The molecule has 0 N–H and O–H groups in total. The zero-order valence-electron chi connectivity index (χ0n) is 9.52. The first kappa shape index (κ1) is 13.7. The van der Waals surface area contributed by atoms with E-state index in [-0.39, 0.29) is 5.91 Å². The molecule has 1 aliphatic rings. The van der Waals surface area contributed by atoms with Gasteiger partial charge in [-0.3, -0.25) is 9.21 Å². The normalized spacial score (nSPS) is 19.7. The summed E-state index contributed by atoms with van der Waals surface area (Å²) in [5, 5.41) is 0. The van der Waals surface area contributed by atoms with E-state index in [9.17, 15) is 13.2 Å². The molecule has 5 nitrogen and oxygen atoms in total. The Balaban J connectivity index is 2.41. The molecular weight excluding hydrogens is 252 g/mol. The highest BCUT2D eigenvalue weighted by Crippen LogP contribution is 2.20. The highest BCUT2D eigenvalue weighted by Gasteiger charge is 2.26. The van der Waals surface area contributed by atoms with Gasteiger partial charge in [0.05, 0.1) is 6.26 Å². The summed E-state index contributed by atoms with van der Waals surface area (Å²) in [7, 11) is -3.07. The maximum atomic E-state index is 11.3. The topological polar surface area (TPSA) is 57.7 Å². The van der Waals surface area contributed by atoms with Crippen LogP contribution >= 0.6 is 11.8 Å². The van der Waals surface area contributed by atoms with Gasteiger partial charge in [0.1, 0.15) is 0 Å². The van der Waals surface area contributed by atoms with Crippen LogP contribution in [0.5, 0.6) is 0 Å². The van der Waals surface area contributed by atoms with Gasteiger partial charge in [-0.2, -0.15) is 0 Å². The molecule has 1 rings (SSSR count). The van der Waals surface area contributed by atoms with E-state index in [1.165, 1.54) is 21.9 Å². The largest absolute Gasteiger partial charge is 0.274 e. The summed E-state index contributed by atoms with van der Waals surface area (Å²) in [5.41, 5.74) is 0. The molecule has 0 aromatic carbocycles. The van der Waals surface area contributed by atoms with Crippen molar-refractivity contribution in [3.05, 3.63) is 0 Å². The zero-order valence-corrected chi connectivity index (χ0v) is 11.1. The summed E-state index contributed by atoms with van der Waals surface area (Å²) < 4.78 is 25.2. The number of nitrogens with zero attached hydrogens (tertiary/aromatic N) is 2. The third kappa shape index (κ3) is 3.92. The van der Waals surface area contributed by atoms with E-state index in [0.717, 1.165) is 12.8 Å². The molecule has 1 heterocycles. The lowest BCUT2D eigenvalue weighted by atomic mass is 9.98. The van der Waals surface area contributed by atoms with Gasteiger partial charge in [0.15, 0.2) is 0 Å². The van der Waals surface area contributed by atoms with Gasteiger partial charge < -0.3 is 0 Å². The van der Waals surface area contributed by atoms with Crippen LogP contribution in [0.15, 0.2) is 0 Å². The van der Waals surface area contributed by atoms with Crippen molar-refractivity contribution in [3.8, 4) is 0 Å². The third-order valence-electron chi connectivity index (χ3n) is 2.80. The molecule has 1 aliphatic heterocycles. The molecule has 0 radical (unpaired) electrons. The molecule has 0 spiro atoms. The van der Waals surface area contributed by atoms with Crippen LogP contribution in [0, 0.1) is 5.92 Å². The van der Waals surface area contributed by atoms with Gasteiger partial charge in [0, 0.05) is 38.3 Å². The fraction of sp³-hybridized carbons (Fsp3) is 0.889.